The molecule has 1 atom stereocenters. The van der Waals surface area contributed by atoms with Crippen LogP contribution in [0.3, 0.4) is 0 Å². The van der Waals surface area contributed by atoms with Crippen molar-refractivity contribution in [1.29, 1.82) is 0 Å². The fourth-order valence-corrected chi connectivity index (χ4v) is 1.82. The first-order valence-corrected chi connectivity index (χ1v) is 7.35. The Balaban J connectivity index is 2.54. The van der Waals surface area contributed by atoms with Gasteiger partial charge in [-0.25, -0.2) is 9.59 Å². The molecule has 7 nitrogen and oxygen atoms in total. The van der Waals surface area contributed by atoms with Gasteiger partial charge in [-0.3, -0.25) is 10.1 Å². The van der Waals surface area contributed by atoms with Crippen LogP contribution in [0.4, 0.5) is 4.79 Å². The quantitative estimate of drug-likeness (QED) is 0.738. The van der Waals surface area contributed by atoms with E-state index in [0.29, 0.717) is 5.75 Å². The molecule has 0 unspecified atom stereocenters. The summed E-state index contributed by atoms with van der Waals surface area (Å²) in [6.07, 6.45) is -0.200. The molecule has 3 amide bonds. The van der Waals surface area contributed by atoms with E-state index in [9.17, 15) is 14.4 Å². The first-order chi connectivity index (χ1) is 10.8. The highest BCUT2D eigenvalue weighted by molar-refractivity contribution is 5.96. The van der Waals surface area contributed by atoms with Crippen molar-refractivity contribution in [2.45, 2.75) is 33.3 Å². The van der Waals surface area contributed by atoms with Crippen molar-refractivity contribution in [2.24, 2.45) is 11.7 Å². The Bertz CT molecular complexity index is 554. The monoisotopic (exact) mass is 322 g/mol. The fraction of sp³-hybridized carbons (Fsp3) is 0.438. The maximum absolute atomic E-state index is 11.8. The lowest BCUT2D eigenvalue weighted by molar-refractivity contribution is -0.160. The molecule has 23 heavy (non-hydrogen) atoms. The van der Waals surface area contributed by atoms with Gasteiger partial charge in [0.25, 0.3) is 5.91 Å². The Kier molecular flexibility index (Phi) is 7.05. The Morgan fingerprint density at radius 3 is 2.26 bits per heavy atom. The summed E-state index contributed by atoms with van der Waals surface area (Å²) >= 11 is 0. The van der Waals surface area contributed by atoms with Gasteiger partial charge in [-0.1, -0.05) is 32.9 Å². The predicted octanol–water partition coefficient (Wildman–Crippen LogP) is 1.39. The smallest absolute Gasteiger partial charge is 0.344 e. The Morgan fingerprint density at radius 2 is 1.78 bits per heavy atom. The van der Waals surface area contributed by atoms with E-state index in [-0.39, 0.29) is 12.5 Å². The average Bonchev–Trinajstić information content (AvgIpc) is 2.50. The zero-order valence-corrected chi connectivity index (χ0v) is 13.5. The zero-order chi connectivity index (χ0) is 17.4. The number of imide groups is 1. The number of urea groups is 1. The van der Waals surface area contributed by atoms with Crippen LogP contribution < -0.4 is 15.8 Å². The number of hydrogen-bond acceptors (Lipinski definition) is 5. The lowest BCUT2D eigenvalue weighted by atomic mass is 10.1. The number of esters is 1. The molecule has 0 spiro atoms. The standard InChI is InChI=1S/C16H22N2O5/c1-4-11-5-7-12(8-6-11)22-9-13(19)23-14(10(2)3)15(20)18-16(17)21/h5-8,10,14H,4,9H2,1-3H3,(H3,17,18,20,21)/t14-/m1/s1. The highest BCUT2D eigenvalue weighted by atomic mass is 16.6. The van der Waals surface area contributed by atoms with Gasteiger partial charge in [-0.05, 0) is 30.0 Å². The molecule has 0 radical (unpaired) electrons. The van der Waals surface area contributed by atoms with E-state index in [2.05, 4.69) is 0 Å². The van der Waals surface area contributed by atoms with E-state index >= 15 is 0 Å². The molecule has 0 fully saturated rings. The molecular formula is C16H22N2O5. The summed E-state index contributed by atoms with van der Waals surface area (Å²) in [6, 6.07) is 6.32. The molecule has 0 saturated heterocycles. The normalized spacial score (nSPS) is 11.7. The van der Waals surface area contributed by atoms with Crippen LogP contribution in [-0.2, 0) is 20.7 Å². The van der Waals surface area contributed by atoms with Gasteiger partial charge in [0, 0.05) is 0 Å². The number of nitrogens with two attached hydrogens (primary N) is 1. The number of amides is 3. The van der Waals surface area contributed by atoms with E-state index in [1.165, 1.54) is 0 Å². The summed E-state index contributed by atoms with van der Waals surface area (Å²) in [5.74, 6) is -1.25. The van der Waals surface area contributed by atoms with Crippen molar-refractivity contribution in [3.63, 3.8) is 0 Å². The van der Waals surface area contributed by atoms with Crippen molar-refractivity contribution in [3.8, 4) is 5.75 Å². The van der Waals surface area contributed by atoms with Crippen LogP contribution in [0, 0.1) is 5.92 Å². The van der Waals surface area contributed by atoms with E-state index in [0.717, 1.165) is 12.0 Å². The van der Waals surface area contributed by atoms with Crippen LogP contribution in [-0.4, -0.2) is 30.6 Å². The summed E-state index contributed by atoms with van der Waals surface area (Å²) in [5, 5.41) is 1.90. The molecule has 1 aromatic carbocycles. The molecule has 0 saturated carbocycles. The molecule has 0 heterocycles. The maximum Gasteiger partial charge on any atom is 0.344 e. The Labute approximate surface area is 135 Å². The lowest BCUT2D eigenvalue weighted by Crippen LogP contribution is -2.46. The molecule has 0 bridgehead atoms. The third-order valence-electron chi connectivity index (χ3n) is 3.06. The largest absolute Gasteiger partial charge is 0.482 e. The fourth-order valence-electron chi connectivity index (χ4n) is 1.82. The van der Waals surface area contributed by atoms with Crippen molar-refractivity contribution in [2.75, 3.05) is 6.61 Å². The number of carbonyl (C=O) groups excluding carboxylic acids is 3. The first kappa shape index (κ1) is 18.5. The minimum atomic E-state index is -1.11. The average molecular weight is 322 g/mol. The van der Waals surface area contributed by atoms with Gasteiger partial charge in [0.15, 0.2) is 12.7 Å². The summed E-state index contributed by atoms with van der Waals surface area (Å²) in [5.41, 5.74) is 6.04. The number of carbonyl (C=O) groups is 3. The summed E-state index contributed by atoms with van der Waals surface area (Å²) in [4.78, 5) is 34.3. The minimum Gasteiger partial charge on any atom is -0.482 e. The lowest BCUT2D eigenvalue weighted by Gasteiger charge is -2.19. The van der Waals surface area contributed by atoms with Crippen LogP contribution in [0.5, 0.6) is 5.75 Å². The van der Waals surface area contributed by atoms with E-state index in [1.54, 1.807) is 26.0 Å². The Morgan fingerprint density at radius 1 is 1.17 bits per heavy atom. The number of primary amides is 1. The second-order valence-electron chi connectivity index (χ2n) is 5.29. The van der Waals surface area contributed by atoms with Gasteiger partial charge in [0.1, 0.15) is 5.75 Å². The van der Waals surface area contributed by atoms with E-state index in [1.807, 2.05) is 24.4 Å². The molecule has 0 aliphatic rings. The maximum atomic E-state index is 11.8. The molecule has 0 aromatic heterocycles. The number of ether oxygens (including phenoxy) is 2. The van der Waals surface area contributed by atoms with Gasteiger partial charge in [-0.15, -0.1) is 0 Å². The van der Waals surface area contributed by atoms with Crippen molar-refractivity contribution < 1.29 is 23.9 Å². The molecule has 7 heteroatoms. The molecule has 1 rings (SSSR count). The van der Waals surface area contributed by atoms with Gasteiger partial charge >= 0.3 is 12.0 Å². The molecule has 3 N–H and O–H groups in total. The van der Waals surface area contributed by atoms with Crippen LogP contribution in [0.25, 0.3) is 0 Å². The third kappa shape index (κ3) is 6.37. The van der Waals surface area contributed by atoms with Gasteiger partial charge in [-0.2, -0.15) is 0 Å². The highest BCUT2D eigenvalue weighted by Crippen LogP contribution is 2.13. The second-order valence-corrected chi connectivity index (χ2v) is 5.29. The summed E-state index contributed by atoms with van der Waals surface area (Å²) < 4.78 is 10.4. The summed E-state index contributed by atoms with van der Waals surface area (Å²) in [6.45, 7) is 5.07. The molecular weight excluding hydrogens is 300 g/mol. The molecule has 0 aliphatic carbocycles. The number of nitrogens with one attached hydrogen (secondary N) is 1. The van der Waals surface area contributed by atoms with Crippen LogP contribution in [0.2, 0.25) is 0 Å². The third-order valence-corrected chi connectivity index (χ3v) is 3.06. The topological polar surface area (TPSA) is 108 Å². The predicted molar refractivity (Wildman–Crippen MR) is 83.8 cm³/mol. The number of hydrogen-bond donors (Lipinski definition) is 2. The summed E-state index contributed by atoms with van der Waals surface area (Å²) in [7, 11) is 0. The van der Waals surface area contributed by atoms with Crippen molar-refractivity contribution in [3.05, 3.63) is 29.8 Å². The molecule has 1 aromatic rings. The SMILES string of the molecule is CCc1ccc(OCC(=O)O[C@@H](C(=O)NC(N)=O)C(C)C)cc1. The molecule has 0 aliphatic heterocycles. The number of benzene rings is 1. The van der Waals surface area contributed by atoms with Crippen molar-refractivity contribution >= 4 is 17.9 Å². The van der Waals surface area contributed by atoms with Crippen molar-refractivity contribution in [1.82, 2.24) is 5.32 Å². The van der Waals surface area contributed by atoms with Gasteiger partial charge in [0.2, 0.25) is 0 Å². The van der Waals surface area contributed by atoms with Crippen LogP contribution in [0.1, 0.15) is 26.3 Å². The highest BCUT2D eigenvalue weighted by Gasteiger charge is 2.27. The minimum absolute atomic E-state index is 0.317. The van der Waals surface area contributed by atoms with Crippen LogP contribution in [0.15, 0.2) is 24.3 Å². The zero-order valence-electron chi connectivity index (χ0n) is 13.5. The van der Waals surface area contributed by atoms with Crippen LogP contribution >= 0.6 is 0 Å². The van der Waals surface area contributed by atoms with Gasteiger partial charge in [0.05, 0.1) is 0 Å². The van der Waals surface area contributed by atoms with E-state index < -0.39 is 24.0 Å². The van der Waals surface area contributed by atoms with Gasteiger partial charge < -0.3 is 15.2 Å². The number of aryl methyl sites for hydroxylation is 1. The molecule has 126 valence electrons. The second kappa shape index (κ2) is 8.77. The Hall–Kier alpha value is -2.57. The first-order valence-electron chi connectivity index (χ1n) is 7.35. The number of rotatable bonds is 7. The van der Waals surface area contributed by atoms with E-state index in [4.69, 9.17) is 15.2 Å².